The predicted octanol–water partition coefficient (Wildman–Crippen LogP) is 3.88. The molecule has 3 aliphatic rings. The molecule has 5 rings (SSSR count). The molecule has 1 aromatic heterocycles. The van der Waals surface area contributed by atoms with Crippen LogP contribution in [0.4, 0.5) is 5.69 Å². The lowest BCUT2D eigenvalue weighted by molar-refractivity contribution is 0.227. The van der Waals surface area contributed by atoms with Crippen molar-refractivity contribution in [3.63, 3.8) is 0 Å². The molecule has 1 aliphatic carbocycles. The van der Waals surface area contributed by atoms with Crippen molar-refractivity contribution in [2.24, 2.45) is 0 Å². The maximum absolute atomic E-state index is 4.25. The second-order valence-electron chi connectivity index (χ2n) is 9.07. The van der Waals surface area contributed by atoms with E-state index in [1.807, 2.05) is 12.4 Å². The summed E-state index contributed by atoms with van der Waals surface area (Å²) in [5, 5.41) is 3.96. The molecular formula is C24H32N4. The van der Waals surface area contributed by atoms with E-state index in [0.717, 1.165) is 6.54 Å². The van der Waals surface area contributed by atoms with Crippen molar-refractivity contribution in [3.8, 4) is 0 Å². The number of rotatable bonds is 5. The second kappa shape index (κ2) is 7.49. The van der Waals surface area contributed by atoms with E-state index >= 15 is 0 Å². The van der Waals surface area contributed by atoms with Crippen molar-refractivity contribution in [2.75, 3.05) is 31.6 Å². The summed E-state index contributed by atoms with van der Waals surface area (Å²) in [4.78, 5) is 9.47. The van der Waals surface area contributed by atoms with Gasteiger partial charge in [0.25, 0.3) is 0 Å². The minimum absolute atomic E-state index is 0.362. The molecule has 4 nitrogen and oxygen atoms in total. The first-order valence-corrected chi connectivity index (χ1v) is 10.9. The fraction of sp³-hybridized carbons (Fsp3) is 0.542. The van der Waals surface area contributed by atoms with Gasteiger partial charge in [0.2, 0.25) is 0 Å². The van der Waals surface area contributed by atoms with Crippen LogP contribution in [0.3, 0.4) is 0 Å². The molecule has 2 aliphatic heterocycles. The Morgan fingerprint density at radius 3 is 2.71 bits per heavy atom. The van der Waals surface area contributed by atoms with E-state index in [9.17, 15) is 0 Å². The number of fused-ring (bicyclic) bond motifs is 3. The Morgan fingerprint density at radius 1 is 1.14 bits per heavy atom. The smallest absolute Gasteiger partial charge is 0.0501 e. The van der Waals surface area contributed by atoms with Gasteiger partial charge in [-0.2, -0.15) is 0 Å². The lowest BCUT2D eigenvalue weighted by atomic mass is 9.88. The average molecular weight is 377 g/mol. The Kier molecular flexibility index (Phi) is 4.85. The predicted molar refractivity (Wildman–Crippen MR) is 115 cm³/mol. The van der Waals surface area contributed by atoms with Crippen LogP contribution in [0.5, 0.6) is 0 Å². The van der Waals surface area contributed by atoms with Crippen molar-refractivity contribution in [2.45, 2.75) is 56.7 Å². The number of aryl methyl sites for hydroxylation is 1. The van der Waals surface area contributed by atoms with E-state index in [0.29, 0.717) is 24.0 Å². The van der Waals surface area contributed by atoms with Gasteiger partial charge in [-0.3, -0.25) is 4.98 Å². The second-order valence-corrected chi connectivity index (χ2v) is 9.07. The van der Waals surface area contributed by atoms with Crippen molar-refractivity contribution in [1.29, 1.82) is 0 Å². The first-order valence-electron chi connectivity index (χ1n) is 10.9. The third-order valence-corrected chi connectivity index (χ3v) is 7.10. The number of aromatic nitrogens is 1. The number of piperidine rings is 1. The Balaban J connectivity index is 1.46. The molecular weight excluding hydrogens is 344 g/mol. The standard InChI is InChI=1S/C24H32N4/c1-17-6-7-23-20(14-17)21-15-27(2)13-10-24(21)28(23)16-22(26-19-4-3-5-19)18-8-11-25-12-9-18/h6-9,11-12,14,19,21-22,24,26H,3-5,10,13,15-16H2,1-2H3. The minimum atomic E-state index is 0.362. The van der Waals surface area contributed by atoms with Crippen LogP contribution in [-0.4, -0.2) is 48.6 Å². The van der Waals surface area contributed by atoms with Crippen LogP contribution >= 0.6 is 0 Å². The Labute approximate surface area is 169 Å². The number of likely N-dealkylation sites (N-methyl/N-ethyl adjacent to an activating group) is 1. The van der Waals surface area contributed by atoms with Crippen LogP contribution < -0.4 is 10.2 Å². The number of hydrogen-bond donors (Lipinski definition) is 1. The van der Waals surface area contributed by atoms with Crippen LogP contribution in [-0.2, 0) is 0 Å². The highest BCUT2D eigenvalue weighted by Gasteiger charge is 2.42. The zero-order chi connectivity index (χ0) is 19.1. The van der Waals surface area contributed by atoms with Crippen LogP contribution in [0.15, 0.2) is 42.7 Å². The number of anilines is 1. The Bertz CT molecular complexity index is 817. The summed E-state index contributed by atoms with van der Waals surface area (Å²) in [6.07, 6.45) is 9.11. The molecule has 3 unspecified atom stereocenters. The molecule has 0 radical (unpaired) electrons. The Hall–Kier alpha value is -1.91. The number of hydrogen-bond acceptors (Lipinski definition) is 4. The number of pyridine rings is 1. The van der Waals surface area contributed by atoms with E-state index in [4.69, 9.17) is 0 Å². The summed E-state index contributed by atoms with van der Waals surface area (Å²) in [6, 6.07) is 13.1. The summed E-state index contributed by atoms with van der Waals surface area (Å²) in [5.74, 6) is 0.635. The van der Waals surface area contributed by atoms with Gasteiger partial charge in [-0.1, -0.05) is 24.1 Å². The molecule has 1 N–H and O–H groups in total. The van der Waals surface area contributed by atoms with E-state index in [2.05, 4.69) is 64.4 Å². The number of nitrogens with zero attached hydrogens (tertiary/aromatic N) is 3. The fourth-order valence-corrected chi connectivity index (χ4v) is 5.33. The lowest BCUT2D eigenvalue weighted by Gasteiger charge is -2.40. The van der Waals surface area contributed by atoms with Crippen LogP contribution in [0, 0.1) is 6.92 Å². The van der Waals surface area contributed by atoms with Crippen molar-refractivity contribution >= 4 is 5.69 Å². The lowest BCUT2D eigenvalue weighted by Crippen LogP contribution is -2.49. The summed E-state index contributed by atoms with van der Waals surface area (Å²) in [5.41, 5.74) is 5.77. The van der Waals surface area contributed by atoms with Gasteiger partial charge in [-0.25, -0.2) is 0 Å². The zero-order valence-corrected chi connectivity index (χ0v) is 17.1. The van der Waals surface area contributed by atoms with Gasteiger partial charge in [-0.05, 0) is 69.1 Å². The topological polar surface area (TPSA) is 31.4 Å². The van der Waals surface area contributed by atoms with Gasteiger partial charge in [0.05, 0.1) is 6.04 Å². The first-order chi connectivity index (χ1) is 13.7. The summed E-state index contributed by atoms with van der Waals surface area (Å²) in [7, 11) is 2.27. The first kappa shape index (κ1) is 18.1. The van der Waals surface area contributed by atoms with Crippen LogP contribution in [0.1, 0.15) is 54.3 Å². The molecule has 0 amide bonds. The Morgan fingerprint density at radius 2 is 1.96 bits per heavy atom. The minimum Gasteiger partial charge on any atom is -0.366 e. The van der Waals surface area contributed by atoms with E-state index in [-0.39, 0.29) is 0 Å². The zero-order valence-electron chi connectivity index (χ0n) is 17.1. The molecule has 28 heavy (non-hydrogen) atoms. The van der Waals surface area contributed by atoms with Crippen molar-refractivity contribution < 1.29 is 0 Å². The highest BCUT2D eigenvalue weighted by molar-refractivity contribution is 5.63. The van der Waals surface area contributed by atoms with Gasteiger partial charge in [0, 0.05) is 49.2 Å². The molecule has 2 fully saturated rings. The highest BCUT2D eigenvalue weighted by Crippen LogP contribution is 2.45. The van der Waals surface area contributed by atoms with Gasteiger partial charge in [-0.15, -0.1) is 0 Å². The average Bonchev–Trinajstić information content (AvgIpc) is 2.96. The maximum atomic E-state index is 4.25. The normalized spacial score (nSPS) is 25.9. The monoisotopic (exact) mass is 376 g/mol. The van der Waals surface area contributed by atoms with Gasteiger partial charge in [0.15, 0.2) is 0 Å². The number of nitrogens with one attached hydrogen (secondary N) is 1. The summed E-state index contributed by atoms with van der Waals surface area (Å²) >= 11 is 0. The number of likely N-dealkylation sites (tertiary alicyclic amines) is 1. The molecule has 148 valence electrons. The summed E-state index contributed by atoms with van der Waals surface area (Å²) in [6.45, 7) is 5.64. The third kappa shape index (κ3) is 3.33. The maximum Gasteiger partial charge on any atom is 0.0501 e. The van der Waals surface area contributed by atoms with Gasteiger partial charge < -0.3 is 15.1 Å². The van der Waals surface area contributed by atoms with Gasteiger partial charge >= 0.3 is 0 Å². The van der Waals surface area contributed by atoms with Crippen LogP contribution in [0.25, 0.3) is 0 Å². The van der Waals surface area contributed by atoms with Crippen molar-refractivity contribution in [1.82, 2.24) is 15.2 Å². The highest BCUT2D eigenvalue weighted by atomic mass is 15.2. The van der Waals surface area contributed by atoms with E-state index in [1.54, 1.807) is 5.56 Å². The molecule has 0 bridgehead atoms. The largest absolute Gasteiger partial charge is 0.366 e. The van der Waals surface area contributed by atoms with E-state index < -0.39 is 0 Å². The molecule has 1 aromatic carbocycles. The third-order valence-electron chi connectivity index (χ3n) is 7.10. The molecule has 0 spiro atoms. The fourth-order valence-electron chi connectivity index (χ4n) is 5.33. The van der Waals surface area contributed by atoms with Crippen LogP contribution in [0.2, 0.25) is 0 Å². The van der Waals surface area contributed by atoms with Gasteiger partial charge in [0.1, 0.15) is 0 Å². The molecule has 2 aromatic rings. The molecule has 3 atom stereocenters. The van der Waals surface area contributed by atoms with E-state index in [1.165, 1.54) is 55.6 Å². The molecule has 4 heteroatoms. The quantitative estimate of drug-likeness (QED) is 0.858. The SMILES string of the molecule is Cc1ccc2c(c1)C1CN(C)CCC1N2CC(NC1CCC1)c1ccncc1. The summed E-state index contributed by atoms with van der Waals surface area (Å²) < 4.78 is 0. The molecule has 1 saturated carbocycles. The number of benzene rings is 1. The molecule has 3 heterocycles. The molecule has 1 saturated heterocycles. The van der Waals surface area contributed by atoms with Crippen molar-refractivity contribution in [3.05, 3.63) is 59.4 Å².